The summed E-state index contributed by atoms with van der Waals surface area (Å²) >= 11 is 0. The number of hydrogen-bond acceptors (Lipinski definition) is 3. The molecule has 0 aromatic heterocycles. The van der Waals surface area contributed by atoms with E-state index in [1.54, 1.807) is 4.90 Å². The number of ether oxygens (including phenoxy) is 1. The van der Waals surface area contributed by atoms with Gasteiger partial charge in [-0.15, -0.1) is 0 Å². The Hall–Kier alpha value is -1.10. The molecule has 2 rings (SSSR count). The van der Waals surface area contributed by atoms with E-state index < -0.39 is 11.4 Å². The van der Waals surface area contributed by atoms with Gasteiger partial charge in [0, 0.05) is 26.1 Å². The first-order valence-electron chi connectivity index (χ1n) is 7.81. The lowest BCUT2D eigenvalue weighted by Crippen LogP contribution is -2.43. The predicted octanol–water partition coefficient (Wildman–Crippen LogP) is 2.15. The van der Waals surface area contributed by atoms with E-state index in [0.29, 0.717) is 13.0 Å². The van der Waals surface area contributed by atoms with Crippen LogP contribution >= 0.6 is 0 Å². The minimum atomic E-state index is -0.922. The minimum absolute atomic E-state index is 0.0564. The summed E-state index contributed by atoms with van der Waals surface area (Å²) in [6.45, 7) is 5.41. The molecule has 2 unspecified atom stereocenters. The van der Waals surface area contributed by atoms with Crippen molar-refractivity contribution >= 4 is 11.9 Å². The molecule has 1 saturated carbocycles. The molecule has 0 spiro atoms. The standard InChI is InChI=1S/C16H27NO4/c1-15(2)6-4-5-12(9-15)13(18)17-8-7-16(10-17,11-21-3)14(19)20/h12H,4-11H2,1-3H3,(H,19,20). The number of carboxylic acids is 1. The number of nitrogens with zero attached hydrogens (tertiary/aromatic N) is 1. The number of carbonyl (C=O) groups excluding carboxylic acids is 1. The normalized spacial score (nSPS) is 32.1. The molecule has 1 aliphatic carbocycles. The molecule has 2 atom stereocenters. The van der Waals surface area contributed by atoms with Gasteiger partial charge in [-0.05, 0) is 31.1 Å². The van der Waals surface area contributed by atoms with Crippen molar-refractivity contribution in [3.63, 3.8) is 0 Å². The zero-order chi connectivity index (χ0) is 15.7. The van der Waals surface area contributed by atoms with Crippen molar-refractivity contribution in [1.29, 1.82) is 0 Å². The molecule has 21 heavy (non-hydrogen) atoms. The molecule has 1 heterocycles. The van der Waals surface area contributed by atoms with E-state index >= 15 is 0 Å². The molecule has 0 radical (unpaired) electrons. The number of rotatable bonds is 4. The molecule has 1 N–H and O–H groups in total. The fourth-order valence-electron chi connectivity index (χ4n) is 3.86. The quantitative estimate of drug-likeness (QED) is 0.863. The van der Waals surface area contributed by atoms with Crippen LogP contribution in [0.3, 0.4) is 0 Å². The van der Waals surface area contributed by atoms with Gasteiger partial charge in [-0.3, -0.25) is 9.59 Å². The molecule has 1 saturated heterocycles. The van der Waals surface area contributed by atoms with E-state index in [2.05, 4.69) is 13.8 Å². The number of hydrogen-bond donors (Lipinski definition) is 1. The van der Waals surface area contributed by atoms with Gasteiger partial charge in [-0.2, -0.15) is 0 Å². The molecule has 0 aromatic rings. The zero-order valence-electron chi connectivity index (χ0n) is 13.4. The molecule has 0 bridgehead atoms. The number of methoxy groups -OCH3 is 1. The van der Waals surface area contributed by atoms with Crippen LogP contribution in [0.5, 0.6) is 0 Å². The molecule has 120 valence electrons. The average molecular weight is 297 g/mol. The van der Waals surface area contributed by atoms with Gasteiger partial charge in [0.25, 0.3) is 0 Å². The fraction of sp³-hybridized carbons (Fsp3) is 0.875. The van der Waals surface area contributed by atoms with Gasteiger partial charge >= 0.3 is 5.97 Å². The van der Waals surface area contributed by atoms with Gasteiger partial charge < -0.3 is 14.7 Å². The summed E-state index contributed by atoms with van der Waals surface area (Å²) in [5, 5.41) is 9.47. The van der Waals surface area contributed by atoms with E-state index in [0.717, 1.165) is 19.3 Å². The number of carbonyl (C=O) groups is 2. The molecular formula is C16H27NO4. The topological polar surface area (TPSA) is 66.8 Å². The van der Waals surface area contributed by atoms with Crippen LogP contribution in [-0.2, 0) is 14.3 Å². The van der Waals surface area contributed by atoms with Gasteiger partial charge in [-0.1, -0.05) is 20.3 Å². The second kappa shape index (κ2) is 5.95. The number of amides is 1. The first kappa shape index (κ1) is 16.3. The van der Waals surface area contributed by atoms with Gasteiger partial charge in [0.1, 0.15) is 5.41 Å². The first-order chi connectivity index (χ1) is 9.80. The third kappa shape index (κ3) is 3.39. The summed E-state index contributed by atoms with van der Waals surface area (Å²) in [5.74, 6) is -0.661. The molecule has 1 amide bonds. The van der Waals surface area contributed by atoms with E-state index in [1.807, 2.05) is 0 Å². The SMILES string of the molecule is COCC1(C(=O)O)CCN(C(=O)C2CCCC(C)(C)C2)C1. The summed E-state index contributed by atoms with van der Waals surface area (Å²) in [5.41, 5.74) is -0.705. The van der Waals surface area contributed by atoms with E-state index in [9.17, 15) is 14.7 Å². The van der Waals surface area contributed by atoms with Crippen molar-refractivity contribution in [2.24, 2.45) is 16.7 Å². The van der Waals surface area contributed by atoms with Crippen LogP contribution in [-0.4, -0.2) is 48.7 Å². The van der Waals surface area contributed by atoms with Crippen molar-refractivity contribution in [2.45, 2.75) is 46.0 Å². The van der Waals surface area contributed by atoms with Gasteiger partial charge in [0.15, 0.2) is 0 Å². The molecule has 2 aliphatic rings. The van der Waals surface area contributed by atoms with E-state index in [-0.39, 0.29) is 30.4 Å². The van der Waals surface area contributed by atoms with Gasteiger partial charge in [0.2, 0.25) is 5.91 Å². The maximum atomic E-state index is 12.7. The maximum Gasteiger partial charge on any atom is 0.313 e. The van der Waals surface area contributed by atoms with Gasteiger partial charge in [-0.25, -0.2) is 0 Å². The van der Waals surface area contributed by atoms with Crippen LogP contribution in [0.15, 0.2) is 0 Å². The summed E-state index contributed by atoms with van der Waals surface area (Å²) < 4.78 is 5.08. The van der Waals surface area contributed by atoms with Crippen molar-refractivity contribution in [1.82, 2.24) is 4.90 Å². The third-order valence-electron chi connectivity index (χ3n) is 5.09. The number of carboxylic acid groups (broad SMARTS) is 1. The van der Waals surface area contributed by atoms with Crippen molar-refractivity contribution < 1.29 is 19.4 Å². The van der Waals surface area contributed by atoms with Gasteiger partial charge in [0.05, 0.1) is 6.61 Å². The monoisotopic (exact) mass is 297 g/mol. The second-order valence-corrected chi connectivity index (χ2v) is 7.49. The maximum absolute atomic E-state index is 12.7. The van der Waals surface area contributed by atoms with Crippen molar-refractivity contribution in [2.75, 3.05) is 26.8 Å². The highest BCUT2D eigenvalue weighted by molar-refractivity contribution is 5.82. The smallest absolute Gasteiger partial charge is 0.313 e. The Labute approximate surface area is 126 Å². The van der Waals surface area contributed by atoms with Crippen molar-refractivity contribution in [3.8, 4) is 0 Å². The highest BCUT2D eigenvalue weighted by Gasteiger charge is 2.47. The fourth-order valence-corrected chi connectivity index (χ4v) is 3.86. The highest BCUT2D eigenvalue weighted by atomic mass is 16.5. The van der Waals surface area contributed by atoms with Crippen molar-refractivity contribution in [3.05, 3.63) is 0 Å². The van der Waals surface area contributed by atoms with E-state index in [4.69, 9.17) is 4.74 Å². The lowest BCUT2D eigenvalue weighted by Gasteiger charge is -2.36. The van der Waals surface area contributed by atoms with Crippen LogP contribution < -0.4 is 0 Å². The Morgan fingerprint density at radius 1 is 1.33 bits per heavy atom. The summed E-state index contributed by atoms with van der Waals surface area (Å²) in [6.07, 6.45) is 4.58. The highest BCUT2D eigenvalue weighted by Crippen LogP contribution is 2.40. The Bertz CT molecular complexity index is 421. The lowest BCUT2D eigenvalue weighted by molar-refractivity contribution is -0.152. The summed E-state index contributed by atoms with van der Waals surface area (Å²) in [4.78, 5) is 26.0. The summed E-state index contributed by atoms with van der Waals surface area (Å²) in [7, 11) is 1.51. The number of aliphatic carboxylic acids is 1. The average Bonchev–Trinajstić information content (AvgIpc) is 2.83. The third-order valence-corrected chi connectivity index (χ3v) is 5.09. The van der Waals surface area contributed by atoms with Crippen LogP contribution in [0.4, 0.5) is 0 Å². The second-order valence-electron chi connectivity index (χ2n) is 7.49. The molecule has 1 aliphatic heterocycles. The lowest BCUT2D eigenvalue weighted by atomic mass is 9.72. The van der Waals surface area contributed by atoms with Crippen LogP contribution in [0, 0.1) is 16.7 Å². The largest absolute Gasteiger partial charge is 0.481 e. The van der Waals surface area contributed by atoms with Crippen LogP contribution in [0.25, 0.3) is 0 Å². The summed E-state index contributed by atoms with van der Waals surface area (Å²) in [6, 6.07) is 0. The first-order valence-corrected chi connectivity index (χ1v) is 7.81. The molecule has 5 nitrogen and oxygen atoms in total. The predicted molar refractivity (Wildman–Crippen MR) is 78.9 cm³/mol. The minimum Gasteiger partial charge on any atom is -0.481 e. The van der Waals surface area contributed by atoms with Crippen LogP contribution in [0.1, 0.15) is 46.0 Å². The molecule has 2 fully saturated rings. The Morgan fingerprint density at radius 2 is 2.05 bits per heavy atom. The molecule has 5 heteroatoms. The number of likely N-dealkylation sites (tertiary alicyclic amines) is 1. The Kier molecular flexibility index (Phi) is 4.61. The zero-order valence-corrected chi connectivity index (χ0v) is 13.4. The molecule has 0 aromatic carbocycles. The molecular weight excluding hydrogens is 270 g/mol. The van der Waals surface area contributed by atoms with Crippen LogP contribution in [0.2, 0.25) is 0 Å². The Morgan fingerprint density at radius 3 is 2.62 bits per heavy atom. The Balaban J connectivity index is 2.03. The van der Waals surface area contributed by atoms with E-state index in [1.165, 1.54) is 13.5 Å².